The molecule has 1 aromatic heterocycles. The lowest BCUT2D eigenvalue weighted by atomic mass is 10.0. The molecule has 0 radical (unpaired) electrons. The average molecular weight is 323 g/mol. The van der Waals surface area contributed by atoms with Crippen LogP contribution in [0.2, 0.25) is 5.15 Å². The molecule has 2 N–H and O–H groups in total. The van der Waals surface area contributed by atoms with Gasteiger partial charge in [0.15, 0.2) is 0 Å². The zero-order chi connectivity index (χ0) is 15.7. The number of hydrogen-bond donors (Lipinski definition) is 2. The van der Waals surface area contributed by atoms with Gasteiger partial charge in [-0.2, -0.15) is 0 Å². The van der Waals surface area contributed by atoms with Crippen LogP contribution in [0.5, 0.6) is 0 Å². The van der Waals surface area contributed by atoms with Crippen molar-refractivity contribution in [3.63, 3.8) is 0 Å². The molecule has 0 unspecified atom stereocenters. The molecule has 22 heavy (non-hydrogen) atoms. The lowest BCUT2D eigenvalue weighted by Gasteiger charge is -2.22. The smallest absolute Gasteiger partial charge is 0.254 e. The Morgan fingerprint density at radius 3 is 2.82 bits per heavy atom. The fraction of sp³-hybridized carbons (Fsp3) is 0.375. The van der Waals surface area contributed by atoms with E-state index in [9.17, 15) is 14.3 Å². The molecule has 0 spiro atoms. The van der Waals surface area contributed by atoms with Crippen LogP contribution in [0.3, 0.4) is 0 Å². The van der Waals surface area contributed by atoms with E-state index in [-0.39, 0.29) is 23.2 Å². The van der Waals surface area contributed by atoms with E-state index in [4.69, 9.17) is 11.6 Å². The van der Waals surface area contributed by atoms with Gasteiger partial charge in [-0.25, -0.2) is 9.37 Å². The van der Waals surface area contributed by atoms with Crippen LogP contribution in [0.4, 0.5) is 4.39 Å². The van der Waals surface area contributed by atoms with E-state index in [0.29, 0.717) is 23.7 Å². The van der Waals surface area contributed by atoms with Gasteiger partial charge in [-0.15, -0.1) is 0 Å². The molecule has 1 aromatic carbocycles. The zero-order valence-corrected chi connectivity index (χ0v) is 12.7. The summed E-state index contributed by atoms with van der Waals surface area (Å²) in [6.45, 7) is 0.198. The van der Waals surface area contributed by atoms with Crippen molar-refractivity contribution in [2.45, 2.75) is 31.3 Å². The van der Waals surface area contributed by atoms with Gasteiger partial charge in [-0.05, 0) is 31.0 Å². The van der Waals surface area contributed by atoms with Crippen molar-refractivity contribution in [1.29, 1.82) is 0 Å². The highest BCUT2D eigenvalue weighted by Crippen LogP contribution is 2.29. The van der Waals surface area contributed by atoms with Gasteiger partial charge >= 0.3 is 0 Å². The first-order valence-corrected chi connectivity index (χ1v) is 7.61. The van der Waals surface area contributed by atoms with Crippen molar-refractivity contribution in [1.82, 2.24) is 10.3 Å². The van der Waals surface area contributed by atoms with Crippen LogP contribution in [-0.4, -0.2) is 28.1 Å². The summed E-state index contributed by atoms with van der Waals surface area (Å²) < 4.78 is 13.2. The van der Waals surface area contributed by atoms with Crippen molar-refractivity contribution in [2.24, 2.45) is 0 Å². The average Bonchev–Trinajstić information content (AvgIpc) is 2.91. The molecule has 1 amide bonds. The molecular weight excluding hydrogens is 307 g/mol. The molecule has 6 heteroatoms. The van der Waals surface area contributed by atoms with E-state index >= 15 is 0 Å². The Morgan fingerprint density at radius 2 is 2.09 bits per heavy atom. The largest absolute Gasteiger partial charge is 0.388 e. The molecule has 0 aliphatic heterocycles. The van der Waals surface area contributed by atoms with Crippen molar-refractivity contribution < 1.29 is 14.3 Å². The van der Waals surface area contributed by atoms with Crippen LogP contribution in [0, 0.1) is 5.82 Å². The third-order valence-electron chi connectivity index (χ3n) is 4.09. The molecule has 0 bridgehead atoms. The Labute approximate surface area is 132 Å². The maximum absolute atomic E-state index is 13.2. The van der Waals surface area contributed by atoms with Gasteiger partial charge in [-0.3, -0.25) is 4.79 Å². The molecule has 1 aliphatic rings. The van der Waals surface area contributed by atoms with Gasteiger partial charge < -0.3 is 10.4 Å². The third-order valence-corrected chi connectivity index (χ3v) is 4.38. The number of carbonyl (C=O) groups excluding carboxylic acids is 1. The topological polar surface area (TPSA) is 62.2 Å². The van der Waals surface area contributed by atoms with E-state index in [2.05, 4.69) is 10.3 Å². The number of hydrogen-bond acceptors (Lipinski definition) is 3. The van der Waals surface area contributed by atoms with E-state index in [1.807, 2.05) is 0 Å². The molecule has 1 aliphatic carbocycles. The van der Waals surface area contributed by atoms with Crippen molar-refractivity contribution in [2.75, 3.05) is 6.54 Å². The summed E-state index contributed by atoms with van der Waals surface area (Å²) in [5.74, 6) is -0.791. The fourth-order valence-electron chi connectivity index (χ4n) is 2.83. The Bertz CT molecular complexity index is 729. The van der Waals surface area contributed by atoms with E-state index in [1.165, 1.54) is 12.1 Å². The summed E-state index contributed by atoms with van der Waals surface area (Å²) in [6.07, 6.45) is 3.32. The summed E-state index contributed by atoms with van der Waals surface area (Å²) in [4.78, 5) is 16.3. The van der Waals surface area contributed by atoms with E-state index < -0.39 is 11.4 Å². The van der Waals surface area contributed by atoms with Crippen LogP contribution in [0.25, 0.3) is 10.9 Å². The highest BCUT2D eigenvalue weighted by molar-refractivity contribution is 6.33. The highest BCUT2D eigenvalue weighted by atomic mass is 35.5. The first-order valence-electron chi connectivity index (χ1n) is 7.23. The van der Waals surface area contributed by atoms with E-state index in [0.717, 1.165) is 12.8 Å². The Hall–Kier alpha value is -1.72. The maximum atomic E-state index is 13.2. The second kappa shape index (κ2) is 5.82. The predicted octanol–water partition coefficient (Wildman–Crippen LogP) is 3.06. The molecular formula is C16H16ClFN2O2. The number of aliphatic hydroxyl groups is 1. The van der Waals surface area contributed by atoms with Gasteiger partial charge in [0, 0.05) is 18.0 Å². The van der Waals surface area contributed by atoms with Crippen LogP contribution >= 0.6 is 11.6 Å². The summed E-state index contributed by atoms with van der Waals surface area (Å²) >= 11 is 6.02. The monoisotopic (exact) mass is 322 g/mol. The normalized spacial score (nSPS) is 16.9. The lowest BCUT2D eigenvalue weighted by molar-refractivity contribution is 0.0449. The molecule has 4 nitrogen and oxygen atoms in total. The molecule has 3 rings (SSSR count). The van der Waals surface area contributed by atoms with Crippen LogP contribution in [0.1, 0.15) is 36.0 Å². The summed E-state index contributed by atoms with van der Waals surface area (Å²) in [5, 5.41) is 13.6. The third kappa shape index (κ3) is 3.05. The second-order valence-electron chi connectivity index (χ2n) is 5.78. The van der Waals surface area contributed by atoms with Crippen molar-refractivity contribution in [3.8, 4) is 0 Å². The summed E-state index contributed by atoms with van der Waals surface area (Å²) in [6, 6.07) is 5.71. The van der Waals surface area contributed by atoms with Gasteiger partial charge in [0.1, 0.15) is 11.0 Å². The predicted molar refractivity (Wildman–Crippen MR) is 82.5 cm³/mol. The van der Waals surface area contributed by atoms with Crippen molar-refractivity contribution >= 4 is 28.4 Å². The minimum Gasteiger partial charge on any atom is -0.388 e. The standard InChI is InChI=1S/C16H16ClFN2O2/c17-14-12(7-10-3-4-11(18)8-13(10)20-14)15(21)19-9-16(22)5-1-2-6-16/h3-4,7-8,22H,1-2,5-6,9H2,(H,19,21). The van der Waals surface area contributed by atoms with E-state index in [1.54, 1.807) is 12.1 Å². The number of nitrogens with one attached hydrogen (secondary N) is 1. The number of amides is 1. The first-order chi connectivity index (χ1) is 10.5. The fourth-order valence-corrected chi connectivity index (χ4v) is 3.06. The molecule has 1 saturated carbocycles. The molecule has 116 valence electrons. The zero-order valence-electron chi connectivity index (χ0n) is 11.9. The Kier molecular flexibility index (Phi) is 4.02. The number of pyridine rings is 1. The van der Waals surface area contributed by atoms with Crippen LogP contribution < -0.4 is 5.32 Å². The molecule has 0 atom stereocenters. The molecule has 0 saturated heterocycles. The summed E-state index contributed by atoms with van der Waals surface area (Å²) in [5.41, 5.74) is -0.200. The number of rotatable bonds is 3. The number of aromatic nitrogens is 1. The lowest BCUT2D eigenvalue weighted by Crippen LogP contribution is -2.40. The van der Waals surface area contributed by atoms with Gasteiger partial charge in [0.05, 0.1) is 16.7 Å². The van der Waals surface area contributed by atoms with Crippen LogP contribution in [-0.2, 0) is 0 Å². The quantitative estimate of drug-likeness (QED) is 0.854. The van der Waals surface area contributed by atoms with Gasteiger partial charge in [-0.1, -0.05) is 24.4 Å². The number of halogens is 2. The van der Waals surface area contributed by atoms with Gasteiger partial charge in [0.2, 0.25) is 0 Å². The van der Waals surface area contributed by atoms with Crippen molar-refractivity contribution in [3.05, 3.63) is 40.8 Å². The Morgan fingerprint density at radius 1 is 1.36 bits per heavy atom. The first kappa shape index (κ1) is 15.2. The molecule has 1 fully saturated rings. The maximum Gasteiger partial charge on any atom is 0.254 e. The molecule has 2 aromatic rings. The number of fused-ring (bicyclic) bond motifs is 1. The van der Waals surface area contributed by atoms with Gasteiger partial charge in [0.25, 0.3) is 5.91 Å². The van der Waals surface area contributed by atoms with Crippen LogP contribution in [0.15, 0.2) is 24.3 Å². The number of benzene rings is 1. The minimum atomic E-state index is -0.824. The molecule has 1 heterocycles. The second-order valence-corrected chi connectivity index (χ2v) is 6.14. The number of carbonyl (C=O) groups is 1. The Balaban J connectivity index is 1.81. The SMILES string of the molecule is O=C(NCC1(O)CCCC1)c1cc2ccc(F)cc2nc1Cl. The number of nitrogens with zero attached hydrogens (tertiary/aromatic N) is 1. The highest BCUT2D eigenvalue weighted by Gasteiger charge is 2.31. The minimum absolute atomic E-state index is 0.0222. The summed E-state index contributed by atoms with van der Waals surface area (Å²) in [7, 11) is 0.